The second-order valence-electron chi connectivity index (χ2n) is 3.64. The third-order valence-electron chi connectivity index (χ3n) is 2.58. The highest BCUT2D eigenvalue weighted by Gasteiger charge is 2.39. The van der Waals surface area contributed by atoms with E-state index in [-0.39, 0.29) is 4.21 Å². The van der Waals surface area contributed by atoms with Gasteiger partial charge in [0.1, 0.15) is 4.21 Å². The molecular weight excluding hydrogens is 305 g/mol. The average molecular weight is 314 g/mol. The van der Waals surface area contributed by atoms with E-state index in [1.165, 1.54) is 12.1 Å². The van der Waals surface area contributed by atoms with E-state index in [2.05, 4.69) is 0 Å². The van der Waals surface area contributed by atoms with Gasteiger partial charge in [0.15, 0.2) is 0 Å². The van der Waals surface area contributed by atoms with E-state index in [4.69, 9.17) is 23.2 Å². The summed E-state index contributed by atoms with van der Waals surface area (Å²) in [5.41, 5.74) is 0. The Bertz CT molecular complexity index is 540. The molecule has 0 aromatic carbocycles. The Morgan fingerprint density at radius 1 is 1.47 bits per heavy atom. The standard InChI is InChI=1S/C9H9Cl2NO3S2/c10-7-3-4-8(16-7)17(14,15)12-5-1-2-6(12)9(11)13/h3-4,6H,1-2,5H2. The highest BCUT2D eigenvalue weighted by atomic mass is 35.5. The van der Waals surface area contributed by atoms with E-state index in [0.29, 0.717) is 23.7 Å². The minimum Gasteiger partial charge on any atom is -0.279 e. The second-order valence-corrected chi connectivity index (χ2v) is 7.84. The van der Waals surface area contributed by atoms with Crippen LogP contribution in [0.1, 0.15) is 12.8 Å². The summed E-state index contributed by atoms with van der Waals surface area (Å²) in [5, 5.41) is -0.631. The Morgan fingerprint density at radius 3 is 2.71 bits per heavy atom. The topological polar surface area (TPSA) is 54.5 Å². The Balaban J connectivity index is 2.36. The zero-order valence-corrected chi connectivity index (χ0v) is 11.7. The summed E-state index contributed by atoms with van der Waals surface area (Å²) >= 11 is 12.1. The molecular formula is C9H9Cl2NO3S2. The number of rotatable bonds is 3. The zero-order valence-electron chi connectivity index (χ0n) is 8.60. The summed E-state index contributed by atoms with van der Waals surface area (Å²) in [5.74, 6) is 0. The Labute approximate surface area is 113 Å². The molecule has 1 aliphatic rings. The lowest BCUT2D eigenvalue weighted by Crippen LogP contribution is -2.38. The average Bonchev–Trinajstić information content (AvgIpc) is 2.84. The normalized spacial score (nSPS) is 21.9. The first-order valence-corrected chi connectivity index (χ1v) is 7.90. The third-order valence-corrected chi connectivity index (χ3v) is 6.44. The minimum atomic E-state index is -3.65. The lowest BCUT2D eigenvalue weighted by Gasteiger charge is -2.19. The van der Waals surface area contributed by atoms with Crippen molar-refractivity contribution in [3.63, 3.8) is 0 Å². The van der Waals surface area contributed by atoms with Gasteiger partial charge >= 0.3 is 0 Å². The van der Waals surface area contributed by atoms with Crippen molar-refractivity contribution < 1.29 is 13.2 Å². The van der Waals surface area contributed by atoms with Crippen molar-refractivity contribution in [2.24, 2.45) is 0 Å². The van der Waals surface area contributed by atoms with Crippen molar-refractivity contribution in [1.29, 1.82) is 0 Å². The molecule has 0 N–H and O–H groups in total. The Kier molecular flexibility index (Phi) is 3.80. The van der Waals surface area contributed by atoms with Gasteiger partial charge in [0.2, 0.25) is 5.24 Å². The molecule has 4 nitrogen and oxygen atoms in total. The molecule has 2 heterocycles. The van der Waals surface area contributed by atoms with E-state index < -0.39 is 21.3 Å². The van der Waals surface area contributed by atoms with E-state index in [1.54, 1.807) is 0 Å². The maximum absolute atomic E-state index is 12.2. The fourth-order valence-electron chi connectivity index (χ4n) is 1.81. The van der Waals surface area contributed by atoms with Gasteiger partial charge in [-0.1, -0.05) is 11.6 Å². The van der Waals surface area contributed by atoms with Crippen LogP contribution in [0.5, 0.6) is 0 Å². The van der Waals surface area contributed by atoms with Crippen molar-refractivity contribution in [3.8, 4) is 0 Å². The van der Waals surface area contributed by atoms with Gasteiger partial charge < -0.3 is 0 Å². The van der Waals surface area contributed by atoms with Crippen molar-refractivity contribution in [1.82, 2.24) is 4.31 Å². The van der Waals surface area contributed by atoms with E-state index in [9.17, 15) is 13.2 Å². The van der Waals surface area contributed by atoms with Crippen molar-refractivity contribution in [3.05, 3.63) is 16.5 Å². The lowest BCUT2D eigenvalue weighted by atomic mass is 10.2. The van der Waals surface area contributed by atoms with Gasteiger partial charge in [0.05, 0.1) is 10.4 Å². The van der Waals surface area contributed by atoms with Crippen LogP contribution in [0.25, 0.3) is 0 Å². The molecule has 1 aromatic heterocycles. The molecule has 1 saturated heterocycles. The monoisotopic (exact) mass is 313 g/mol. The Hall–Kier alpha value is -0.140. The van der Waals surface area contributed by atoms with Crippen LogP contribution in [0.15, 0.2) is 16.3 Å². The molecule has 1 fully saturated rings. The van der Waals surface area contributed by atoms with Crippen LogP contribution in [0.4, 0.5) is 0 Å². The second kappa shape index (κ2) is 4.85. The SMILES string of the molecule is O=C(Cl)C1CCCN1S(=O)(=O)c1ccc(Cl)s1. The summed E-state index contributed by atoms with van der Waals surface area (Å²) in [6, 6.07) is 2.21. The number of thiophene rings is 1. The van der Waals surface area contributed by atoms with E-state index in [1.807, 2.05) is 0 Å². The van der Waals surface area contributed by atoms with Crippen LogP contribution in [0, 0.1) is 0 Å². The molecule has 1 unspecified atom stereocenters. The highest BCUT2D eigenvalue weighted by molar-refractivity contribution is 7.91. The zero-order chi connectivity index (χ0) is 12.6. The molecule has 0 bridgehead atoms. The maximum Gasteiger partial charge on any atom is 0.253 e. The number of nitrogens with zero attached hydrogens (tertiary/aromatic N) is 1. The highest BCUT2D eigenvalue weighted by Crippen LogP contribution is 2.32. The van der Waals surface area contributed by atoms with Gasteiger partial charge in [-0.15, -0.1) is 11.3 Å². The molecule has 1 atom stereocenters. The van der Waals surface area contributed by atoms with Gasteiger partial charge in [-0.05, 0) is 36.6 Å². The molecule has 0 amide bonds. The minimum absolute atomic E-state index is 0.146. The summed E-state index contributed by atoms with van der Waals surface area (Å²) in [7, 11) is -3.65. The predicted molar refractivity (Wildman–Crippen MR) is 67.1 cm³/mol. The Morgan fingerprint density at radius 2 is 2.18 bits per heavy atom. The smallest absolute Gasteiger partial charge is 0.253 e. The van der Waals surface area contributed by atoms with Gasteiger partial charge in [-0.25, -0.2) is 8.42 Å². The molecule has 0 aliphatic carbocycles. The molecule has 1 aliphatic heterocycles. The molecule has 1 aromatic rings. The molecule has 0 saturated carbocycles. The number of carbonyl (C=O) groups excluding carboxylic acids is 1. The molecule has 0 radical (unpaired) electrons. The molecule has 17 heavy (non-hydrogen) atoms. The van der Waals surface area contributed by atoms with Crippen LogP contribution in [0.3, 0.4) is 0 Å². The number of hydrogen-bond acceptors (Lipinski definition) is 4. The van der Waals surface area contributed by atoms with Gasteiger partial charge in [0, 0.05) is 6.54 Å². The predicted octanol–water partition coefficient (Wildman–Crippen LogP) is 2.32. The van der Waals surface area contributed by atoms with E-state index in [0.717, 1.165) is 15.6 Å². The quantitative estimate of drug-likeness (QED) is 0.805. The van der Waals surface area contributed by atoms with Crippen molar-refractivity contribution in [2.45, 2.75) is 23.1 Å². The van der Waals surface area contributed by atoms with Crippen molar-refractivity contribution >= 4 is 49.8 Å². The van der Waals surface area contributed by atoms with Crippen molar-refractivity contribution in [2.75, 3.05) is 6.54 Å². The summed E-state index contributed by atoms with van der Waals surface area (Å²) < 4.78 is 26.2. The number of halogens is 2. The molecule has 2 rings (SSSR count). The summed E-state index contributed by atoms with van der Waals surface area (Å²) in [6.45, 7) is 0.320. The summed E-state index contributed by atoms with van der Waals surface area (Å²) in [4.78, 5) is 11.2. The summed E-state index contributed by atoms with van der Waals surface area (Å²) in [6.07, 6.45) is 1.11. The van der Waals surface area contributed by atoms with Crippen LogP contribution in [-0.4, -0.2) is 30.6 Å². The first-order valence-electron chi connectivity index (χ1n) is 4.89. The first-order chi connectivity index (χ1) is 7.93. The fraction of sp³-hybridized carbons (Fsp3) is 0.444. The van der Waals surface area contributed by atoms with Crippen LogP contribution in [-0.2, 0) is 14.8 Å². The number of sulfonamides is 1. The van der Waals surface area contributed by atoms with E-state index >= 15 is 0 Å². The first kappa shape index (κ1) is 13.3. The number of hydrogen-bond donors (Lipinski definition) is 0. The molecule has 0 spiro atoms. The largest absolute Gasteiger partial charge is 0.279 e. The fourth-order valence-corrected chi connectivity index (χ4v) is 5.36. The molecule has 8 heteroatoms. The van der Waals surface area contributed by atoms with Gasteiger partial charge in [-0.2, -0.15) is 4.31 Å². The number of carbonyl (C=O) groups is 1. The lowest BCUT2D eigenvalue weighted by molar-refractivity contribution is -0.114. The van der Waals surface area contributed by atoms with Crippen LogP contribution < -0.4 is 0 Å². The van der Waals surface area contributed by atoms with Crippen LogP contribution in [0.2, 0.25) is 4.34 Å². The van der Waals surface area contributed by atoms with Gasteiger partial charge in [-0.3, -0.25) is 4.79 Å². The molecule has 94 valence electrons. The maximum atomic E-state index is 12.2. The van der Waals surface area contributed by atoms with Crippen LogP contribution >= 0.6 is 34.5 Å². The third kappa shape index (κ3) is 2.51. The van der Waals surface area contributed by atoms with Gasteiger partial charge in [0.25, 0.3) is 10.0 Å².